The summed E-state index contributed by atoms with van der Waals surface area (Å²) in [5, 5.41) is 6.71. The van der Waals surface area contributed by atoms with Crippen molar-refractivity contribution in [2.75, 3.05) is 5.73 Å². The Bertz CT molecular complexity index is 405. The first-order valence-corrected chi connectivity index (χ1v) is 5.17. The molecular weight excluding hydrogens is 294 g/mol. The van der Waals surface area contributed by atoms with Crippen molar-refractivity contribution < 1.29 is 0 Å². The summed E-state index contributed by atoms with van der Waals surface area (Å²) in [4.78, 5) is 0. The van der Waals surface area contributed by atoms with Gasteiger partial charge in [0, 0.05) is 0 Å². The number of nitrogen functional groups attached to an aromatic ring is 1. The Morgan fingerprint density at radius 3 is 2.82 bits per heavy atom. The van der Waals surface area contributed by atoms with Crippen molar-refractivity contribution in [2.24, 2.45) is 0 Å². The predicted octanol–water partition coefficient (Wildman–Crippen LogP) is 2.73. The second-order valence-electron chi connectivity index (χ2n) is 2.00. The van der Waals surface area contributed by atoms with E-state index in [1.54, 1.807) is 11.3 Å². The van der Waals surface area contributed by atoms with Crippen molar-refractivity contribution in [1.29, 1.82) is 0 Å². The van der Waals surface area contributed by atoms with E-state index in [1.807, 2.05) is 0 Å². The largest absolute Gasteiger partial charge is 0.381 e. The molecule has 2 aromatic rings. The van der Waals surface area contributed by atoms with Crippen LogP contribution in [0.15, 0.2) is 8.26 Å². The fourth-order valence-electron chi connectivity index (χ4n) is 0.831. The maximum absolute atomic E-state index is 5.58. The van der Waals surface area contributed by atoms with Crippen LogP contribution in [0.3, 0.4) is 0 Å². The number of H-pyrrole nitrogens is 1. The van der Waals surface area contributed by atoms with Gasteiger partial charge >= 0.3 is 0 Å². The predicted molar refractivity (Wildman–Crippen MR) is 53.8 cm³/mol. The maximum atomic E-state index is 5.58. The maximum Gasteiger partial charge on any atom is 0.163 e. The lowest BCUT2D eigenvalue weighted by Crippen LogP contribution is -1.82. The number of nitrogens with two attached hydrogens (primary N) is 1. The second kappa shape index (κ2) is 2.46. The zero-order chi connectivity index (χ0) is 8.01. The third-order valence-corrected chi connectivity index (χ3v) is 4.80. The van der Waals surface area contributed by atoms with E-state index in [0.717, 1.165) is 18.5 Å². The number of hydrogen-bond donors (Lipinski definition) is 2. The smallest absolute Gasteiger partial charge is 0.163 e. The first kappa shape index (κ1) is 7.57. The average Bonchev–Trinajstić information content (AvgIpc) is 2.43. The van der Waals surface area contributed by atoms with Crippen molar-refractivity contribution in [3.05, 3.63) is 8.26 Å². The summed E-state index contributed by atoms with van der Waals surface area (Å²) < 4.78 is 3.01. The van der Waals surface area contributed by atoms with E-state index >= 15 is 0 Å². The van der Waals surface area contributed by atoms with Gasteiger partial charge in [-0.05, 0) is 31.9 Å². The highest BCUT2D eigenvalue weighted by molar-refractivity contribution is 9.13. The van der Waals surface area contributed by atoms with Crippen LogP contribution in [-0.2, 0) is 0 Å². The zero-order valence-corrected chi connectivity index (χ0v) is 9.18. The molecule has 2 rings (SSSR count). The number of fused-ring (bicyclic) bond motifs is 1. The van der Waals surface area contributed by atoms with Crippen molar-refractivity contribution >= 4 is 59.2 Å². The van der Waals surface area contributed by atoms with E-state index < -0.39 is 0 Å². The van der Waals surface area contributed by atoms with E-state index in [2.05, 4.69) is 42.1 Å². The van der Waals surface area contributed by atoms with Crippen LogP contribution >= 0.6 is 43.2 Å². The van der Waals surface area contributed by atoms with Gasteiger partial charge in [-0.1, -0.05) is 0 Å². The Hall–Kier alpha value is -0.0700. The molecule has 0 bridgehead atoms. The van der Waals surface area contributed by atoms with E-state index in [9.17, 15) is 0 Å². The third kappa shape index (κ3) is 1.00. The molecule has 0 aliphatic heterocycles. The summed E-state index contributed by atoms with van der Waals surface area (Å²) in [6.07, 6.45) is 0. The lowest BCUT2D eigenvalue weighted by Gasteiger charge is -1.80. The molecule has 0 unspecified atom stereocenters. The minimum Gasteiger partial charge on any atom is -0.381 e. The van der Waals surface area contributed by atoms with Crippen molar-refractivity contribution in [2.45, 2.75) is 0 Å². The Morgan fingerprint density at radius 1 is 1.45 bits per heavy atom. The number of halogens is 2. The fraction of sp³-hybridized carbons (Fsp3) is 0. The SMILES string of the molecule is Nc1n[nH]c2c(Br)c(Br)sc12. The molecule has 0 saturated carbocycles. The molecule has 2 heterocycles. The number of rotatable bonds is 0. The molecule has 0 aromatic carbocycles. The highest BCUT2D eigenvalue weighted by atomic mass is 79.9. The summed E-state index contributed by atoms with van der Waals surface area (Å²) in [5.41, 5.74) is 6.54. The monoisotopic (exact) mass is 295 g/mol. The molecule has 0 saturated heterocycles. The Morgan fingerprint density at radius 2 is 2.18 bits per heavy atom. The Kier molecular flexibility index (Phi) is 1.70. The highest BCUT2D eigenvalue weighted by Gasteiger charge is 2.11. The van der Waals surface area contributed by atoms with Crippen LogP contribution in [0.5, 0.6) is 0 Å². The summed E-state index contributed by atoms with van der Waals surface area (Å²) in [6.45, 7) is 0. The van der Waals surface area contributed by atoms with Crippen LogP contribution in [0.2, 0.25) is 0 Å². The van der Waals surface area contributed by atoms with E-state index in [-0.39, 0.29) is 0 Å². The van der Waals surface area contributed by atoms with Gasteiger partial charge in [-0.25, -0.2) is 0 Å². The molecule has 2 aromatic heterocycles. The number of nitrogens with zero attached hydrogens (tertiary/aromatic N) is 1. The van der Waals surface area contributed by atoms with Crippen molar-refractivity contribution in [1.82, 2.24) is 10.2 Å². The third-order valence-electron chi connectivity index (χ3n) is 1.33. The first-order valence-electron chi connectivity index (χ1n) is 2.77. The lowest BCUT2D eigenvalue weighted by molar-refractivity contribution is 1.12. The van der Waals surface area contributed by atoms with Crippen molar-refractivity contribution in [3.8, 4) is 0 Å². The van der Waals surface area contributed by atoms with Crippen LogP contribution in [0.25, 0.3) is 10.2 Å². The summed E-state index contributed by atoms with van der Waals surface area (Å²) >= 11 is 8.35. The van der Waals surface area contributed by atoms with Gasteiger partial charge in [0.25, 0.3) is 0 Å². The quantitative estimate of drug-likeness (QED) is 0.785. The molecule has 11 heavy (non-hydrogen) atoms. The lowest BCUT2D eigenvalue weighted by atomic mass is 10.5. The number of aromatic amines is 1. The van der Waals surface area contributed by atoms with Gasteiger partial charge in [-0.15, -0.1) is 11.3 Å². The van der Waals surface area contributed by atoms with Gasteiger partial charge in [-0.2, -0.15) is 5.10 Å². The molecule has 3 nitrogen and oxygen atoms in total. The standard InChI is InChI=1S/C5H3Br2N3S/c6-1-2-3(11-4(1)7)5(8)10-9-2/h(H3,8,9,10). The van der Waals surface area contributed by atoms with E-state index in [4.69, 9.17) is 5.73 Å². The van der Waals surface area contributed by atoms with Crippen LogP contribution in [0.1, 0.15) is 0 Å². The molecule has 0 aliphatic carbocycles. The molecular formula is C5H3Br2N3S. The van der Waals surface area contributed by atoms with E-state index in [1.165, 1.54) is 0 Å². The summed E-state index contributed by atoms with van der Waals surface area (Å²) in [6, 6.07) is 0. The van der Waals surface area contributed by atoms with Gasteiger partial charge in [0.05, 0.1) is 18.5 Å². The molecule has 58 valence electrons. The van der Waals surface area contributed by atoms with Crippen LogP contribution in [-0.4, -0.2) is 10.2 Å². The molecule has 0 fully saturated rings. The number of nitrogens with one attached hydrogen (secondary N) is 1. The molecule has 6 heteroatoms. The second-order valence-corrected chi connectivity index (χ2v) is 5.13. The molecule has 0 atom stereocenters. The van der Waals surface area contributed by atoms with Crippen molar-refractivity contribution in [3.63, 3.8) is 0 Å². The number of hydrogen-bond acceptors (Lipinski definition) is 3. The number of anilines is 1. The summed E-state index contributed by atoms with van der Waals surface area (Å²) in [7, 11) is 0. The van der Waals surface area contributed by atoms with Crippen LogP contribution < -0.4 is 5.73 Å². The van der Waals surface area contributed by atoms with Gasteiger partial charge in [0.15, 0.2) is 5.82 Å². The van der Waals surface area contributed by atoms with Gasteiger partial charge in [0.1, 0.15) is 0 Å². The highest BCUT2D eigenvalue weighted by Crippen LogP contribution is 2.40. The van der Waals surface area contributed by atoms with E-state index in [0.29, 0.717) is 5.82 Å². The molecule has 0 radical (unpaired) electrons. The van der Waals surface area contributed by atoms with Gasteiger partial charge in [-0.3, -0.25) is 5.10 Å². The topological polar surface area (TPSA) is 54.7 Å². The van der Waals surface area contributed by atoms with Crippen LogP contribution in [0, 0.1) is 0 Å². The minimum atomic E-state index is 0.552. The fourth-order valence-corrected chi connectivity index (χ4v) is 2.95. The first-order chi connectivity index (χ1) is 5.20. The molecule has 0 aliphatic rings. The minimum absolute atomic E-state index is 0.552. The number of aromatic nitrogens is 2. The normalized spacial score (nSPS) is 11.1. The average molecular weight is 297 g/mol. The van der Waals surface area contributed by atoms with Gasteiger partial charge < -0.3 is 5.73 Å². The molecule has 3 N–H and O–H groups in total. The Balaban J connectivity index is 2.93. The zero-order valence-electron chi connectivity index (χ0n) is 5.19. The Labute approximate surface area is 83.2 Å². The van der Waals surface area contributed by atoms with Gasteiger partial charge in [0.2, 0.25) is 0 Å². The van der Waals surface area contributed by atoms with Crippen LogP contribution in [0.4, 0.5) is 5.82 Å². The molecule has 0 amide bonds. The molecule has 0 spiro atoms. The number of thiophene rings is 1. The summed E-state index contributed by atoms with van der Waals surface area (Å²) in [5.74, 6) is 0.552.